The molecule has 1 unspecified atom stereocenters. The minimum atomic E-state index is 0.0324. The minimum Gasteiger partial charge on any atom is -0.393 e. The molecule has 2 saturated carbocycles. The van der Waals surface area contributed by atoms with Crippen LogP contribution in [-0.4, -0.2) is 11.2 Å². The van der Waals surface area contributed by atoms with Crippen molar-refractivity contribution in [1.29, 1.82) is 0 Å². The van der Waals surface area contributed by atoms with Gasteiger partial charge in [0.15, 0.2) is 0 Å². The molecule has 2 rings (SSSR count). The topological polar surface area (TPSA) is 20.2 Å². The highest BCUT2D eigenvalue weighted by Gasteiger charge is 2.63. The van der Waals surface area contributed by atoms with Crippen LogP contribution in [0.2, 0.25) is 0 Å². The zero-order valence-corrected chi connectivity index (χ0v) is 6.09. The summed E-state index contributed by atoms with van der Waals surface area (Å²) in [4.78, 5) is 0. The summed E-state index contributed by atoms with van der Waals surface area (Å²) in [7, 11) is 0. The lowest BCUT2D eigenvalue weighted by Gasteiger charge is -2.10. The summed E-state index contributed by atoms with van der Waals surface area (Å²) in [5, 5.41) is 9.37. The van der Waals surface area contributed by atoms with Gasteiger partial charge in [0.05, 0.1) is 6.10 Å². The Morgan fingerprint density at radius 3 is 2.22 bits per heavy atom. The van der Waals surface area contributed by atoms with Crippen molar-refractivity contribution in [2.45, 2.75) is 32.8 Å². The van der Waals surface area contributed by atoms with Gasteiger partial charge in [-0.2, -0.15) is 0 Å². The summed E-state index contributed by atoms with van der Waals surface area (Å²) in [5.41, 5.74) is 0.484. The van der Waals surface area contributed by atoms with Gasteiger partial charge in [0.25, 0.3) is 0 Å². The molecular weight excluding hydrogens is 112 g/mol. The summed E-state index contributed by atoms with van der Waals surface area (Å²) in [6, 6.07) is 0. The number of hydrogen-bond donors (Lipinski definition) is 1. The zero-order valence-electron chi connectivity index (χ0n) is 6.09. The van der Waals surface area contributed by atoms with E-state index in [2.05, 4.69) is 13.8 Å². The van der Waals surface area contributed by atoms with Gasteiger partial charge in [-0.1, -0.05) is 13.8 Å². The average molecular weight is 126 g/mol. The van der Waals surface area contributed by atoms with Crippen molar-refractivity contribution in [1.82, 2.24) is 0 Å². The summed E-state index contributed by atoms with van der Waals surface area (Å²) < 4.78 is 0. The minimum absolute atomic E-state index is 0.0324. The van der Waals surface area contributed by atoms with Crippen LogP contribution in [0.15, 0.2) is 0 Å². The molecule has 9 heavy (non-hydrogen) atoms. The third kappa shape index (κ3) is 0.536. The van der Waals surface area contributed by atoms with Gasteiger partial charge in [0.1, 0.15) is 0 Å². The van der Waals surface area contributed by atoms with Crippen molar-refractivity contribution in [3.8, 4) is 0 Å². The Hall–Kier alpha value is -0.0400. The molecule has 0 aromatic heterocycles. The maximum atomic E-state index is 9.37. The van der Waals surface area contributed by atoms with Gasteiger partial charge in [-0.25, -0.2) is 0 Å². The van der Waals surface area contributed by atoms with Crippen LogP contribution in [-0.2, 0) is 0 Å². The molecule has 1 N–H and O–H groups in total. The number of aliphatic hydroxyl groups excluding tert-OH is 1. The molecule has 0 aromatic rings. The lowest BCUT2D eigenvalue weighted by atomic mass is 9.99. The van der Waals surface area contributed by atoms with E-state index in [0.29, 0.717) is 11.3 Å². The number of aliphatic hydroxyl groups is 1. The predicted octanol–water partition coefficient (Wildman–Crippen LogP) is 1.41. The van der Waals surface area contributed by atoms with Crippen molar-refractivity contribution in [2.75, 3.05) is 0 Å². The largest absolute Gasteiger partial charge is 0.393 e. The number of fused-ring (bicyclic) bond motifs is 1. The van der Waals surface area contributed by atoms with Gasteiger partial charge < -0.3 is 5.11 Å². The van der Waals surface area contributed by atoms with Crippen LogP contribution >= 0.6 is 0 Å². The molecule has 0 saturated heterocycles. The second-order valence-electron chi connectivity index (χ2n) is 4.10. The Kier molecular flexibility index (Phi) is 0.852. The van der Waals surface area contributed by atoms with Crippen molar-refractivity contribution in [3.05, 3.63) is 0 Å². The van der Waals surface area contributed by atoms with Crippen LogP contribution in [0.25, 0.3) is 0 Å². The summed E-state index contributed by atoms with van der Waals surface area (Å²) >= 11 is 0. The smallest absolute Gasteiger partial charge is 0.0576 e. The van der Waals surface area contributed by atoms with Crippen LogP contribution in [0.5, 0.6) is 0 Å². The highest BCUT2D eigenvalue weighted by Crippen LogP contribution is 2.66. The molecule has 0 amide bonds. The molecular formula is C8H14O. The van der Waals surface area contributed by atoms with E-state index >= 15 is 0 Å². The Morgan fingerprint density at radius 1 is 1.33 bits per heavy atom. The fourth-order valence-electron chi connectivity index (χ4n) is 2.63. The maximum Gasteiger partial charge on any atom is 0.0576 e. The van der Waals surface area contributed by atoms with E-state index in [0.717, 1.165) is 12.3 Å². The molecule has 0 aliphatic heterocycles. The van der Waals surface area contributed by atoms with E-state index < -0.39 is 0 Å². The number of rotatable bonds is 0. The molecule has 0 heterocycles. The predicted molar refractivity (Wildman–Crippen MR) is 36.0 cm³/mol. The summed E-state index contributed by atoms with van der Waals surface area (Å²) in [5.74, 6) is 1.50. The van der Waals surface area contributed by atoms with E-state index in [1.807, 2.05) is 0 Å². The van der Waals surface area contributed by atoms with Gasteiger partial charge in [0, 0.05) is 0 Å². The second kappa shape index (κ2) is 1.34. The molecule has 0 spiro atoms. The van der Waals surface area contributed by atoms with Gasteiger partial charge in [-0.3, -0.25) is 0 Å². The third-order valence-corrected chi connectivity index (χ3v) is 3.33. The Balaban J connectivity index is 2.14. The molecule has 2 aliphatic rings. The van der Waals surface area contributed by atoms with Crippen molar-refractivity contribution < 1.29 is 5.11 Å². The Morgan fingerprint density at radius 2 is 2.00 bits per heavy atom. The maximum absolute atomic E-state index is 9.37. The van der Waals surface area contributed by atoms with Crippen LogP contribution in [0.4, 0.5) is 0 Å². The highest BCUT2D eigenvalue weighted by atomic mass is 16.3. The molecule has 3 atom stereocenters. The second-order valence-corrected chi connectivity index (χ2v) is 4.10. The first-order valence-electron chi connectivity index (χ1n) is 3.82. The molecule has 1 nitrogen and oxygen atoms in total. The summed E-state index contributed by atoms with van der Waals surface area (Å²) in [6.07, 6.45) is 2.35. The molecule has 0 bridgehead atoms. The SMILES string of the molecule is CC1(C)C2CC[C@H](O)[C@@H]21. The molecule has 2 aliphatic carbocycles. The van der Waals surface area contributed by atoms with Gasteiger partial charge >= 0.3 is 0 Å². The van der Waals surface area contributed by atoms with Gasteiger partial charge in [0.2, 0.25) is 0 Å². The van der Waals surface area contributed by atoms with Gasteiger partial charge in [-0.15, -0.1) is 0 Å². The van der Waals surface area contributed by atoms with Crippen molar-refractivity contribution >= 4 is 0 Å². The summed E-state index contributed by atoms with van der Waals surface area (Å²) in [6.45, 7) is 4.54. The van der Waals surface area contributed by atoms with E-state index in [-0.39, 0.29) is 6.10 Å². The van der Waals surface area contributed by atoms with Gasteiger partial charge in [-0.05, 0) is 30.1 Å². The monoisotopic (exact) mass is 126 g/mol. The standard InChI is InChI=1S/C8H14O/c1-8(2)5-3-4-6(9)7(5)8/h5-7,9H,3-4H2,1-2H3/t5?,6-,7+/m0/s1. The lowest BCUT2D eigenvalue weighted by molar-refractivity contribution is 0.138. The van der Waals surface area contributed by atoms with E-state index in [1.165, 1.54) is 6.42 Å². The Bertz CT molecular complexity index is 140. The van der Waals surface area contributed by atoms with E-state index in [4.69, 9.17) is 0 Å². The van der Waals surface area contributed by atoms with Crippen molar-refractivity contribution in [2.24, 2.45) is 17.3 Å². The lowest BCUT2D eigenvalue weighted by Crippen LogP contribution is -2.10. The molecule has 0 radical (unpaired) electrons. The first-order chi connectivity index (χ1) is 4.14. The van der Waals surface area contributed by atoms with Crippen LogP contribution in [0, 0.1) is 17.3 Å². The molecule has 0 aromatic carbocycles. The first-order valence-corrected chi connectivity index (χ1v) is 3.82. The Labute approximate surface area is 56.1 Å². The molecule has 2 fully saturated rings. The fraction of sp³-hybridized carbons (Fsp3) is 1.00. The third-order valence-electron chi connectivity index (χ3n) is 3.33. The van der Waals surface area contributed by atoms with Crippen LogP contribution in [0.3, 0.4) is 0 Å². The zero-order chi connectivity index (χ0) is 6.65. The molecule has 1 heteroatoms. The van der Waals surface area contributed by atoms with E-state index in [1.54, 1.807) is 0 Å². The fourth-order valence-corrected chi connectivity index (χ4v) is 2.63. The first kappa shape index (κ1) is 5.72. The number of hydrogen-bond acceptors (Lipinski definition) is 1. The quantitative estimate of drug-likeness (QED) is 0.520. The van der Waals surface area contributed by atoms with Crippen LogP contribution in [0.1, 0.15) is 26.7 Å². The van der Waals surface area contributed by atoms with E-state index in [9.17, 15) is 5.11 Å². The normalized spacial score (nSPS) is 53.0. The average Bonchev–Trinajstić information content (AvgIpc) is 2.19. The molecule has 52 valence electrons. The van der Waals surface area contributed by atoms with Crippen LogP contribution < -0.4 is 0 Å². The highest BCUT2D eigenvalue weighted by molar-refractivity contribution is 5.11. The van der Waals surface area contributed by atoms with Crippen molar-refractivity contribution in [3.63, 3.8) is 0 Å².